The molecular weight excluding hydrogens is 497 g/mol. The van der Waals surface area contributed by atoms with Crippen molar-refractivity contribution in [1.29, 1.82) is 0 Å². The van der Waals surface area contributed by atoms with Crippen LogP contribution in [0.5, 0.6) is 0 Å². The third-order valence-corrected chi connectivity index (χ3v) is 6.37. The maximum absolute atomic E-state index is 12.9. The highest BCUT2D eigenvalue weighted by atomic mass is 127. The van der Waals surface area contributed by atoms with Crippen LogP contribution in [0.2, 0.25) is 0 Å². The first-order valence-corrected chi connectivity index (χ1v) is 10.6. The van der Waals surface area contributed by atoms with E-state index in [0.717, 1.165) is 24.2 Å². The van der Waals surface area contributed by atoms with Gasteiger partial charge >= 0.3 is 5.97 Å². The fraction of sp³-hybridized carbons (Fsp3) is 0.636. The second-order valence-corrected chi connectivity index (χ2v) is 8.70. The van der Waals surface area contributed by atoms with Crippen molar-refractivity contribution >= 4 is 22.7 Å². The molecule has 1 aliphatic carbocycles. The number of halogens is 1. The zero-order valence-electron chi connectivity index (χ0n) is 18.4. The molecule has 0 bridgehead atoms. The molecule has 8 heteroatoms. The van der Waals surface area contributed by atoms with Crippen molar-refractivity contribution < 1.29 is 43.0 Å². The largest absolute Gasteiger partial charge is 1.00 e. The lowest BCUT2D eigenvalue weighted by Crippen LogP contribution is -3.00. The third-order valence-electron chi connectivity index (χ3n) is 6.37. The molecule has 1 aromatic heterocycles. The number of nitro benzene ring substituents is 1. The van der Waals surface area contributed by atoms with Gasteiger partial charge in [0.2, 0.25) is 0 Å². The van der Waals surface area contributed by atoms with Crippen LogP contribution in [0.1, 0.15) is 52.8 Å². The Balaban J connectivity index is 0.00000320. The molecule has 0 N–H and O–H groups in total. The number of esters is 1. The number of benzene rings is 1. The summed E-state index contributed by atoms with van der Waals surface area (Å²) in [5.41, 5.74) is 1.58. The van der Waals surface area contributed by atoms with Crippen molar-refractivity contribution in [2.45, 2.75) is 66.0 Å². The molecule has 0 saturated heterocycles. The molecule has 0 spiro atoms. The lowest BCUT2D eigenvalue weighted by molar-refractivity contribution is -0.653. The Morgan fingerprint density at radius 3 is 2.67 bits per heavy atom. The predicted octanol–water partition coefficient (Wildman–Crippen LogP) is 0.944. The highest BCUT2D eigenvalue weighted by molar-refractivity contribution is 5.78. The number of aryl methyl sites for hydroxylation is 1. The van der Waals surface area contributed by atoms with Gasteiger partial charge in [-0.25, -0.2) is 13.9 Å². The number of fused-ring (bicyclic) bond motifs is 1. The van der Waals surface area contributed by atoms with Gasteiger partial charge in [-0.1, -0.05) is 34.1 Å². The minimum absolute atomic E-state index is 0. The lowest BCUT2D eigenvalue weighted by Gasteiger charge is -2.36. The van der Waals surface area contributed by atoms with Gasteiger partial charge < -0.3 is 28.7 Å². The summed E-state index contributed by atoms with van der Waals surface area (Å²) in [5, 5.41) is 11.2. The first-order chi connectivity index (χ1) is 13.7. The van der Waals surface area contributed by atoms with E-state index < -0.39 is 4.92 Å². The summed E-state index contributed by atoms with van der Waals surface area (Å²) in [7, 11) is 1.92. The van der Waals surface area contributed by atoms with Gasteiger partial charge in [-0.2, -0.15) is 0 Å². The van der Waals surface area contributed by atoms with Crippen molar-refractivity contribution in [3.8, 4) is 0 Å². The van der Waals surface area contributed by atoms with Gasteiger partial charge in [0.05, 0.1) is 18.0 Å². The Hall–Kier alpha value is -1.71. The molecule has 1 aliphatic rings. The van der Waals surface area contributed by atoms with Crippen molar-refractivity contribution in [3.05, 3.63) is 34.1 Å². The van der Waals surface area contributed by atoms with Gasteiger partial charge in [0, 0.05) is 12.5 Å². The molecular formula is C22H32IN3O4. The van der Waals surface area contributed by atoms with Gasteiger partial charge in [0.25, 0.3) is 11.5 Å². The smallest absolute Gasteiger partial charge is 0.348 e. The van der Waals surface area contributed by atoms with E-state index in [0.29, 0.717) is 29.7 Å². The topological polar surface area (TPSA) is 78.2 Å². The van der Waals surface area contributed by atoms with Gasteiger partial charge in [0.15, 0.2) is 17.6 Å². The fourth-order valence-corrected chi connectivity index (χ4v) is 4.77. The van der Waals surface area contributed by atoms with Crippen LogP contribution >= 0.6 is 0 Å². The number of rotatable bonds is 6. The van der Waals surface area contributed by atoms with Gasteiger partial charge in [-0.15, -0.1) is 0 Å². The molecule has 0 unspecified atom stereocenters. The Morgan fingerprint density at radius 2 is 2.07 bits per heavy atom. The van der Waals surface area contributed by atoms with Crippen molar-refractivity contribution in [3.63, 3.8) is 0 Å². The molecule has 1 saturated carbocycles. The predicted molar refractivity (Wildman–Crippen MR) is 110 cm³/mol. The van der Waals surface area contributed by atoms with E-state index in [9.17, 15) is 14.9 Å². The number of carbonyl (C=O) groups is 1. The number of hydrogen-bond acceptors (Lipinski definition) is 4. The number of nitro groups is 1. The van der Waals surface area contributed by atoms with Crippen LogP contribution in [0.15, 0.2) is 18.2 Å². The molecule has 7 nitrogen and oxygen atoms in total. The van der Waals surface area contributed by atoms with E-state index in [-0.39, 0.29) is 48.3 Å². The summed E-state index contributed by atoms with van der Waals surface area (Å²) in [6, 6.07) is 4.79. The Morgan fingerprint density at radius 1 is 1.37 bits per heavy atom. The normalized spacial score (nSPS) is 21.5. The third kappa shape index (κ3) is 4.95. The average Bonchev–Trinajstić information content (AvgIpc) is 2.92. The van der Waals surface area contributed by atoms with E-state index in [4.69, 9.17) is 4.74 Å². The molecule has 1 heterocycles. The molecule has 30 heavy (non-hydrogen) atoms. The van der Waals surface area contributed by atoms with Gasteiger partial charge in [-0.05, 0) is 36.7 Å². The molecule has 0 aliphatic heterocycles. The highest BCUT2D eigenvalue weighted by Gasteiger charge is 2.34. The Kier molecular flexibility index (Phi) is 8.24. The van der Waals surface area contributed by atoms with E-state index in [1.807, 2.05) is 23.1 Å². The number of aromatic nitrogens is 2. The molecule has 1 fully saturated rings. The zero-order valence-corrected chi connectivity index (χ0v) is 20.6. The second kappa shape index (κ2) is 10.1. The Bertz CT molecular complexity index is 925. The Labute approximate surface area is 195 Å². The SMILES string of the molecule is CCc1n(CC(=O)O[C@@H]2C[C@H](C)CC[C@H]2C(C)C)c2cc([N+](=O)[O-])ccc2[n+]1C.[I-]. The number of ether oxygens (including phenoxy) is 1. The average molecular weight is 529 g/mol. The number of non-ortho nitro benzene ring substituents is 1. The first-order valence-electron chi connectivity index (χ1n) is 10.6. The maximum atomic E-state index is 12.9. The van der Waals surface area contributed by atoms with Crippen LogP contribution < -0.4 is 28.5 Å². The van der Waals surface area contributed by atoms with Crippen LogP contribution in [0, 0.1) is 27.9 Å². The van der Waals surface area contributed by atoms with Crippen LogP contribution in [-0.4, -0.2) is 21.6 Å². The molecule has 0 radical (unpaired) electrons. The van der Waals surface area contributed by atoms with Crippen LogP contribution in [0.3, 0.4) is 0 Å². The monoisotopic (exact) mass is 529 g/mol. The maximum Gasteiger partial charge on any atom is 0.348 e. The van der Waals surface area contributed by atoms with Crippen molar-refractivity contribution in [2.24, 2.45) is 24.8 Å². The highest BCUT2D eigenvalue weighted by Crippen LogP contribution is 2.35. The first kappa shape index (κ1) is 24.6. The summed E-state index contributed by atoms with van der Waals surface area (Å²) >= 11 is 0. The summed E-state index contributed by atoms with van der Waals surface area (Å²) in [5.74, 6) is 2.09. The lowest BCUT2D eigenvalue weighted by atomic mass is 9.75. The summed E-state index contributed by atoms with van der Waals surface area (Å²) in [6.45, 7) is 8.68. The standard InChI is InChI=1S/C22H32N3O4.HI/c1-6-21-23(5)18-10-8-16(25(27)28)12-19(18)24(21)13-22(26)29-20-11-15(4)7-9-17(20)14(2)3;/h8,10,12,14-15,17,20H,6-7,9,11,13H2,1-5H3;1H/q+1;/p-1/t15-,17+,20-;/m1./s1. The summed E-state index contributed by atoms with van der Waals surface area (Å²) in [4.78, 5) is 23.7. The van der Waals surface area contributed by atoms with Crippen LogP contribution in [0.25, 0.3) is 11.0 Å². The molecule has 3 atom stereocenters. The molecule has 166 valence electrons. The molecule has 3 rings (SSSR count). The second-order valence-electron chi connectivity index (χ2n) is 8.70. The molecule has 0 amide bonds. The number of nitrogens with zero attached hydrogens (tertiary/aromatic N) is 3. The fourth-order valence-electron chi connectivity index (χ4n) is 4.77. The van der Waals surface area contributed by atoms with E-state index in [2.05, 4.69) is 20.8 Å². The minimum Gasteiger partial charge on any atom is -1.00 e. The van der Waals surface area contributed by atoms with Gasteiger partial charge in [0.1, 0.15) is 6.10 Å². The number of hydrogen-bond donors (Lipinski definition) is 0. The van der Waals surface area contributed by atoms with Crippen molar-refractivity contribution in [1.82, 2.24) is 4.57 Å². The van der Waals surface area contributed by atoms with Crippen molar-refractivity contribution in [2.75, 3.05) is 0 Å². The van der Waals surface area contributed by atoms with Crippen LogP contribution in [0.4, 0.5) is 5.69 Å². The van der Waals surface area contributed by atoms with E-state index >= 15 is 0 Å². The van der Waals surface area contributed by atoms with Gasteiger partial charge in [-0.3, -0.25) is 10.1 Å². The number of imidazole rings is 1. The molecule has 2 aromatic rings. The van der Waals surface area contributed by atoms with E-state index in [1.54, 1.807) is 12.1 Å². The number of carbonyl (C=O) groups excluding carboxylic acids is 1. The quantitative estimate of drug-likeness (QED) is 0.184. The molecule has 1 aromatic carbocycles. The summed E-state index contributed by atoms with van der Waals surface area (Å²) in [6.07, 6.45) is 3.83. The van der Waals surface area contributed by atoms with E-state index in [1.165, 1.54) is 12.5 Å². The summed E-state index contributed by atoms with van der Waals surface area (Å²) < 4.78 is 9.83. The van der Waals surface area contributed by atoms with Crippen LogP contribution in [-0.2, 0) is 29.5 Å². The zero-order chi connectivity index (χ0) is 21.3. The minimum atomic E-state index is -0.405.